The van der Waals surface area contributed by atoms with Crippen LogP contribution in [0.2, 0.25) is 5.02 Å². The van der Waals surface area contributed by atoms with Gasteiger partial charge in [0.25, 0.3) is 0 Å². The first-order valence-corrected chi connectivity index (χ1v) is 6.77. The molecule has 1 N–H and O–H groups in total. The number of halogens is 1. The lowest BCUT2D eigenvalue weighted by Gasteiger charge is -2.09. The lowest BCUT2D eigenvalue weighted by Crippen LogP contribution is -2.23. The molecule has 7 heteroatoms. The number of hydrogen-bond acceptors (Lipinski definition) is 5. The first-order chi connectivity index (χ1) is 9.22. The summed E-state index contributed by atoms with van der Waals surface area (Å²) in [5.74, 6) is 0.533. The zero-order chi connectivity index (χ0) is 13.4. The molecule has 1 aromatic carbocycles. The normalized spacial score (nSPS) is 10.8. The van der Waals surface area contributed by atoms with Gasteiger partial charge in [-0.2, -0.15) is 4.98 Å². The summed E-state index contributed by atoms with van der Waals surface area (Å²) in [5.41, 5.74) is 2.42. The Balaban J connectivity index is 2.43. The van der Waals surface area contributed by atoms with Gasteiger partial charge in [-0.15, -0.1) is 11.3 Å². The molecule has 0 saturated heterocycles. The topological polar surface area (TPSA) is 59.8 Å². The van der Waals surface area contributed by atoms with Crippen molar-refractivity contribution >= 4 is 39.1 Å². The van der Waals surface area contributed by atoms with Crippen molar-refractivity contribution in [2.24, 2.45) is 0 Å². The number of rotatable bonds is 2. The lowest BCUT2D eigenvalue weighted by molar-refractivity contribution is 0.949. The van der Waals surface area contributed by atoms with E-state index in [2.05, 4.69) is 15.3 Å². The summed E-state index contributed by atoms with van der Waals surface area (Å²) in [7, 11) is 1.72. The number of nitrogens with one attached hydrogen (secondary N) is 1. The average Bonchev–Trinajstić information content (AvgIpc) is 2.88. The highest BCUT2D eigenvalue weighted by Gasteiger charge is 2.15. The van der Waals surface area contributed by atoms with Crippen LogP contribution in [0.3, 0.4) is 0 Å². The van der Waals surface area contributed by atoms with Crippen molar-refractivity contribution in [1.82, 2.24) is 14.5 Å². The number of benzene rings is 1. The predicted octanol–water partition coefficient (Wildman–Crippen LogP) is 2.54. The second kappa shape index (κ2) is 4.64. The predicted molar refractivity (Wildman–Crippen MR) is 77.6 cm³/mol. The fraction of sp³-hybridized carbons (Fsp3) is 0.0833. The molecule has 0 atom stereocenters. The maximum absolute atomic E-state index is 12.2. The average molecular weight is 293 g/mol. The van der Waals surface area contributed by atoms with Gasteiger partial charge in [0.2, 0.25) is 0 Å². The number of nitrogens with zero attached hydrogens (tertiary/aromatic N) is 3. The molecule has 96 valence electrons. The van der Waals surface area contributed by atoms with E-state index in [0.29, 0.717) is 22.2 Å². The Morgan fingerprint density at radius 1 is 1.37 bits per heavy atom. The van der Waals surface area contributed by atoms with Crippen LogP contribution in [-0.4, -0.2) is 21.6 Å². The van der Waals surface area contributed by atoms with Gasteiger partial charge in [0.15, 0.2) is 11.5 Å². The van der Waals surface area contributed by atoms with Crippen LogP contribution < -0.4 is 11.0 Å². The fourth-order valence-electron chi connectivity index (χ4n) is 1.87. The van der Waals surface area contributed by atoms with Crippen molar-refractivity contribution in [2.75, 3.05) is 12.4 Å². The van der Waals surface area contributed by atoms with Crippen molar-refractivity contribution in [2.45, 2.75) is 0 Å². The smallest absolute Gasteiger partial charge is 0.355 e. The Labute approximate surface area is 117 Å². The third-order valence-corrected chi connectivity index (χ3v) is 3.85. The molecule has 3 rings (SSSR count). The minimum absolute atomic E-state index is 0.407. The highest BCUT2D eigenvalue weighted by atomic mass is 35.5. The number of thiazole rings is 1. The Morgan fingerprint density at radius 2 is 2.16 bits per heavy atom. The summed E-state index contributed by atoms with van der Waals surface area (Å²) in [6, 6.07) is 7.12. The van der Waals surface area contributed by atoms with E-state index in [4.69, 9.17) is 11.6 Å². The minimum Gasteiger partial charge on any atom is -0.372 e. The summed E-state index contributed by atoms with van der Waals surface area (Å²) in [6.45, 7) is 0. The van der Waals surface area contributed by atoms with Crippen molar-refractivity contribution < 1.29 is 0 Å². The standard InChI is InChI=1S/C12H9ClN4OS/c1-14-10-9-11(15-6-19-9)17(12(18)16-10)8-5-3-2-4-7(8)13/h2-6H,1H3,(H,14,16,18). The molecule has 0 bridgehead atoms. The van der Waals surface area contributed by atoms with Gasteiger partial charge in [-0.25, -0.2) is 14.3 Å². The zero-order valence-electron chi connectivity index (χ0n) is 9.92. The molecule has 0 aliphatic carbocycles. The van der Waals surface area contributed by atoms with Crippen molar-refractivity contribution in [1.29, 1.82) is 0 Å². The van der Waals surface area contributed by atoms with E-state index in [-0.39, 0.29) is 0 Å². The summed E-state index contributed by atoms with van der Waals surface area (Å²) in [4.78, 5) is 20.4. The summed E-state index contributed by atoms with van der Waals surface area (Å²) in [5, 5.41) is 3.39. The van der Waals surface area contributed by atoms with Gasteiger partial charge in [-0.3, -0.25) is 0 Å². The largest absolute Gasteiger partial charge is 0.372 e. The molecule has 0 aliphatic rings. The lowest BCUT2D eigenvalue weighted by atomic mass is 10.3. The minimum atomic E-state index is -0.407. The monoisotopic (exact) mass is 292 g/mol. The van der Waals surface area contributed by atoms with E-state index in [1.807, 2.05) is 12.1 Å². The maximum atomic E-state index is 12.2. The van der Waals surface area contributed by atoms with E-state index in [1.165, 1.54) is 15.9 Å². The second-order valence-electron chi connectivity index (χ2n) is 3.78. The number of para-hydroxylation sites is 1. The molecule has 5 nitrogen and oxygen atoms in total. The van der Waals surface area contributed by atoms with Gasteiger partial charge < -0.3 is 5.32 Å². The van der Waals surface area contributed by atoms with Crippen LogP contribution in [0, 0.1) is 0 Å². The van der Waals surface area contributed by atoms with Crippen molar-refractivity contribution in [3.05, 3.63) is 45.3 Å². The fourth-order valence-corrected chi connectivity index (χ4v) is 2.85. The van der Waals surface area contributed by atoms with E-state index < -0.39 is 5.69 Å². The molecule has 0 spiro atoms. The van der Waals surface area contributed by atoms with E-state index in [1.54, 1.807) is 24.7 Å². The third kappa shape index (κ3) is 1.89. The maximum Gasteiger partial charge on any atom is 0.355 e. The second-order valence-corrected chi connectivity index (χ2v) is 5.05. The quantitative estimate of drug-likeness (QED) is 0.788. The van der Waals surface area contributed by atoms with Gasteiger partial charge >= 0.3 is 5.69 Å². The molecular formula is C12H9ClN4OS. The van der Waals surface area contributed by atoms with Crippen LogP contribution in [-0.2, 0) is 0 Å². The molecular weight excluding hydrogens is 284 g/mol. The highest BCUT2D eigenvalue weighted by molar-refractivity contribution is 7.17. The highest BCUT2D eigenvalue weighted by Crippen LogP contribution is 2.27. The summed E-state index contributed by atoms with van der Waals surface area (Å²) < 4.78 is 2.25. The summed E-state index contributed by atoms with van der Waals surface area (Å²) >= 11 is 7.57. The zero-order valence-corrected chi connectivity index (χ0v) is 11.5. The molecule has 2 heterocycles. The van der Waals surface area contributed by atoms with Crippen molar-refractivity contribution in [3.8, 4) is 5.69 Å². The van der Waals surface area contributed by atoms with Crippen LogP contribution in [0.25, 0.3) is 16.0 Å². The third-order valence-electron chi connectivity index (χ3n) is 2.70. The number of anilines is 1. The SMILES string of the molecule is CNc1nc(=O)n(-c2ccccc2Cl)c2ncsc12. The molecule has 0 radical (unpaired) electrons. The van der Waals surface area contributed by atoms with Crippen LogP contribution >= 0.6 is 22.9 Å². The Hall–Kier alpha value is -1.92. The molecule has 0 unspecified atom stereocenters. The van der Waals surface area contributed by atoms with Gasteiger partial charge in [0.05, 0.1) is 16.2 Å². The summed E-state index contributed by atoms with van der Waals surface area (Å²) in [6.07, 6.45) is 0. The first kappa shape index (κ1) is 12.1. The van der Waals surface area contributed by atoms with E-state index >= 15 is 0 Å². The Morgan fingerprint density at radius 3 is 2.89 bits per heavy atom. The van der Waals surface area contributed by atoms with Crippen LogP contribution in [0.15, 0.2) is 34.6 Å². The van der Waals surface area contributed by atoms with Gasteiger partial charge in [0.1, 0.15) is 4.70 Å². The van der Waals surface area contributed by atoms with E-state index in [0.717, 1.165) is 4.70 Å². The Bertz CT molecular complexity index is 811. The van der Waals surface area contributed by atoms with Gasteiger partial charge in [-0.1, -0.05) is 23.7 Å². The molecule has 0 fully saturated rings. The molecule has 0 aliphatic heterocycles. The van der Waals surface area contributed by atoms with Crippen LogP contribution in [0.4, 0.5) is 5.82 Å². The van der Waals surface area contributed by atoms with Gasteiger partial charge in [0, 0.05) is 7.05 Å². The van der Waals surface area contributed by atoms with Gasteiger partial charge in [-0.05, 0) is 12.1 Å². The Kier molecular flexibility index (Phi) is 2.96. The van der Waals surface area contributed by atoms with Crippen molar-refractivity contribution in [3.63, 3.8) is 0 Å². The molecule has 0 amide bonds. The van der Waals surface area contributed by atoms with Crippen LogP contribution in [0.5, 0.6) is 0 Å². The number of hydrogen-bond donors (Lipinski definition) is 1. The number of fused-ring (bicyclic) bond motifs is 1. The molecule has 0 saturated carbocycles. The molecule has 2 aromatic heterocycles. The van der Waals surface area contributed by atoms with E-state index in [9.17, 15) is 4.79 Å². The number of aromatic nitrogens is 3. The molecule has 3 aromatic rings. The first-order valence-electron chi connectivity index (χ1n) is 5.51. The molecule has 19 heavy (non-hydrogen) atoms. The van der Waals surface area contributed by atoms with Crippen LogP contribution in [0.1, 0.15) is 0 Å².